The van der Waals surface area contributed by atoms with E-state index in [-0.39, 0.29) is 5.97 Å². The van der Waals surface area contributed by atoms with Crippen LogP contribution in [0.3, 0.4) is 0 Å². The topological polar surface area (TPSA) is 65.0 Å². The molecule has 0 saturated carbocycles. The molecule has 1 unspecified atom stereocenters. The molecule has 0 rings (SSSR count). The lowest BCUT2D eigenvalue weighted by atomic mass is 10.1. The fourth-order valence-corrected chi connectivity index (χ4v) is 1.06. The normalized spacial score (nSPS) is 15.7. The van der Waals surface area contributed by atoms with Gasteiger partial charge in [-0.1, -0.05) is 6.08 Å². The van der Waals surface area contributed by atoms with Gasteiger partial charge in [-0.25, -0.2) is 14.9 Å². The van der Waals surface area contributed by atoms with Gasteiger partial charge in [0.15, 0.2) is 5.79 Å². The van der Waals surface area contributed by atoms with Gasteiger partial charge < -0.3 is 9.47 Å². The Labute approximate surface area is 95.9 Å². The van der Waals surface area contributed by atoms with Gasteiger partial charge in [-0.2, -0.15) is 0 Å². The number of hydrogen-bond donors (Lipinski definition) is 1. The van der Waals surface area contributed by atoms with Crippen LogP contribution >= 0.6 is 0 Å². The Balaban J connectivity index is 4.13. The highest BCUT2D eigenvalue weighted by molar-refractivity contribution is 5.87. The van der Waals surface area contributed by atoms with E-state index < -0.39 is 5.79 Å². The molecule has 0 aliphatic heterocycles. The summed E-state index contributed by atoms with van der Waals surface area (Å²) >= 11 is 0. The third-order valence-corrected chi connectivity index (χ3v) is 2.27. The lowest BCUT2D eigenvalue weighted by Gasteiger charge is -2.23. The first-order chi connectivity index (χ1) is 7.49. The van der Waals surface area contributed by atoms with E-state index in [0.717, 1.165) is 0 Å². The highest BCUT2D eigenvalue weighted by Gasteiger charge is 2.23. The fraction of sp³-hybridized carbons (Fsp3) is 0.727. The maximum absolute atomic E-state index is 11.2. The Kier molecular flexibility index (Phi) is 6.96. The van der Waals surface area contributed by atoms with E-state index in [0.29, 0.717) is 25.0 Å². The van der Waals surface area contributed by atoms with Crippen molar-refractivity contribution in [2.45, 2.75) is 39.4 Å². The predicted molar refractivity (Wildman–Crippen MR) is 58.8 cm³/mol. The number of carbonyl (C=O) groups is 1. The molecule has 5 nitrogen and oxygen atoms in total. The third-order valence-electron chi connectivity index (χ3n) is 2.27. The molecule has 5 heteroatoms. The highest BCUT2D eigenvalue weighted by Crippen LogP contribution is 2.18. The molecule has 0 heterocycles. The van der Waals surface area contributed by atoms with E-state index in [1.54, 1.807) is 26.8 Å². The van der Waals surface area contributed by atoms with Crippen LogP contribution in [0.2, 0.25) is 0 Å². The average molecular weight is 232 g/mol. The zero-order chi connectivity index (χ0) is 12.6. The van der Waals surface area contributed by atoms with Crippen molar-refractivity contribution in [3.63, 3.8) is 0 Å². The molecule has 0 aromatic heterocycles. The molecule has 1 N–H and O–H groups in total. The fourth-order valence-electron chi connectivity index (χ4n) is 1.06. The van der Waals surface area contributed by atoms with E-state index >= 15 is 0 Å². The van der Waals surface area contributed by atoms with Crippen molar-refractivity contribution in [1.82, 2.24) is 0 Å². The van der Waals surface area contributed by atoms with Crippen LogP contribution in [0.4, 0.5) is 0 Å². The minimum Gasteiger partial charge on any atom is -0.463 e. The minimum atomic E-state index is -1.04. The van der Waals surface area contributed by atoms with Gasteiger partial charge in [0.1, 0.15) is 0 Å². The molecular formula is C11H20O5. The van der Waals surface area contributed by atoms with Crippen LogP contribution < -0.4 is 0 Å². The molecule has 94 valence electrons. The van der Waals surface area contributed by atoms with Crippen LogP contribution in [0.25, 0.3) is 0 Å². The monoisotopic (exact) mass is 232 g/mol. The molecule has 0 amide bonds. The second-order valence-electron chi connectivity index (χ2n) is 3.58. The minimum absolute atomic E-state index is 0.327. The second kappa shape index (κ2) is 7.38. The van der Waals surface area contributed by atoms with Crippen molar-refractivity contribution in [2.75, 3.05) is 13.7 Å². The molecule has 0 aliphatic carbocycles. The number of hydrogen-bond acceptors (Lipinski definition) is 5. The van der Waals surface area contributed by atoms with Crippen LogP contribution in [0.5, 0.6) is 0 Å². The summed E-state index contributed by atoms with van der Waals surface area (Å²) in [5.74, 6) is -1.36. The summed E-state index contributed by atoms with van der Waals surface area (Å²) in [4.78, 5) is 15.4. The molecule has 0 aliphatic rings. The van der Waals surface area contributed by atoms with Gasteiger partial charge in [0.25, 0.3) is 0 Å². The largest absolute Gasteiger partial charge is 0.463 e. The summed E-state index contributed by atoms with van der Waals surface area (Å²) in [5.41, 5.74) is 0.540. The zero-order valence-corrected chi connectivity index (χ0v) is 10.3. The summed E-state index contributed by atoms with van der Waals surface area (Å²) in [6, 6.07) is 0. The number of carbonyl (C=O) groups excluding carboxylic acids is 1. The Morgan fingerprint density at radius 2 is 2.12 bits per heavy atom. The van der Waals surface area contributed by atoms with Gasteiger partial charge in [-0.15, -0.1) is 0 Å². The van der Waals surface area contributed by atoms with Crippen molar-refractivity contribution in [3.8, 4) is 0 Å². The van der Waals surface area contributed by atoms with Gasteiger partial charge >= 0.3 is 5.97 Å². The molecule has 0 fully saturated rings. The first kappa shape index (κ1) is 15.1. The molecule has 0 spiro atoms. The summed E-state index contributed by atoms with van der Waals surface area (Å²) in [5, 5.41) is 8.61. The average Bonchev–Trinajstić information content (AvgIpc) is 2.29. The maximum Gasteiger partial charge on any atom is 0.333 e. The van der Waals surface area contributed by atoms with Crippen LogP contribution in [0.1, 0.15) is 33.6 Å². The van der Waals surface area contributed by atoms with Crippen LogP contribution in [-0.2, 0) is 19.2 Å². The lowest BCUT2D eigenvalue weighted by molar-refractivity contribution is -0.393. The summed E-state index contributed by atoms with van der Waals surface area (Å²) < 4.78 is 9.78. The van der Waals surface area contributed by atoms with Crippen molar-refractivity contribution in [3.05, 3.63) is 11.6 Å². The van der Waals surface area contributed by atoms with Crippen molar-refractivity contribution in [2.24, 2.45) is 0 Å². The number of esters is 1. The summed E-state index contributed by atoms with van der Waals surface area (Å²) in [6.45, 7) is 5.41. The maximum atomic E-state index is 11.2. The van der Waals surface area contributed by atoms with E-state index in [1.807, 2.05) is 0 Å². The van der Waals surface area contributed by atoms with Gasteiger partial charge in [-0.3, -0.25) is 0 Å². The van der Waals surface area contributed by atoms with Crippen LogP contribution in [0, 0.1) is 0 Å². The SMILES string of the molecule is CCOC(=O)/C(C)=C/CCC(C)(OC)OO. The molecule has 0 aromatic carbocycles. The third kappa shape index (κ3) is 5.25. The molecule has 0 bridgehead atoms. The van der Waals surface area contributed by atoms with E-state index in [1.165, 1.54) is 7.11 Å². The molecule has 16 heavy (non-hydrogen) atoms. The van der Waals surface area contributed by atoms with E-state index in [2.05, 4.69) is 4.89 Å². The van der Waals surface area contributed by atoms with Crippen molar-refractivity contribution < 1.29 is 24.4 Å². The van der Waals surface area contributed by atoms with Crippen LogP contribution in [-0.4, -0.2) is 30.7 Å². The Morgan fingerprint density at radius 3 is 2.56 bits per heavy atom. The zero-order valence-electron chi connectivity index (χ0n) is 10.3. The summed E-state index contributed by atoms with van der Waals surface area (Å²) in [6.07, 6.45) is 2.72. The van der Waals surface area contributed by atoms with E-state index in [9.17, 15) is 4.79 Å². The van der Waals surface area contributed by atoms with Gasteiger partial charge in [0.2, 0.25) is 0 Å². The Morgan fingerprint density at radius 1 is 1.50 bits per heavy atom. The first-order valence-corrected chi connectivity index (χ1v) is 5.20. The van der Waals surface area contributed by atoms with Gasteiger partial charge in [0, 0.05) is 19.1 Å². The first-order valence-electron chi connectivity index (χ1n) is 5.20. The lowest BCUT2D eigenvalue weighted by Crippen LogP contribution is -2.29. The standard InChI is InChI=1S/C11H20O5/c1-5-15-10(12)9(2)7-6-8-11(3,14-4)16-13/h7,13H,5-6,8H2,1-4H3/b9-7+. The number of methoxy groups -OCH3 is 1. The smallest absolute Gasteiger partial charge is 0.333 e. The van der Waals surface area contributed by atoms with Gasteiger partial charge in [-0.05, 0) is 27.2 Å². The number of ether oxygens (including phenoxy) is 2. The molecule has 0 radical (unpaired) electrons. The molecule has 1 atom stereocenters. The Hall–Kier alpha value is -0.910. The number of allylic oxidation sites excluding steroid dienone is 1. The molecular weight excluding hydrogens is 212 g/mol. The molecule has 0 aromatic rings. The summed E-state index contributed by atoms with van der Waals surface area (Å²) in [7, 11) is 1.44. The Bertz CT molecular complexity index is 243. The van der Waals surface area contributed by atoms with Crippen molar-refractivity contribution in [1.29, 1.82) is 0 Å². The predicted octanol–water partition coefficient (Wildman–Crippen LogP) is 2.13. The highest BCUT2D eigenvalue weighted by atomic mass is 17.1. The van der Waals surface area contributed by atoms with Crippen molar-refractivity contribution >= 4 is 5.97 Å². The molecule has 0 saturated heterocycles. The quantitative estimate of drug-likeness (QED) is 0.239. The van der Waals surface area contributed by atoms with Crippen LogP contribution in [0.15, 0.2) is 11.6 Å². The number of rotatable bonds is 7. The second-order valence-corrected chi connectivity index (χ2v) is 3.58. The van der Waals surface area contributed by atoms with E-state index in [4.69, 9.17) is 14.7 Å². The van der Waals surface area contributed by atoms with Gasteiger partial charge in [0.05, 0.1) is 6.61 Å².